The van der Waals surface area contributed by atoms with Crippen LogP contribution in [-0.4, -0.2) is 4.57 Å². The van der Waals surface area contributed by atoms with Gasteiger partial charge in [-0.25, -0.2) is 0 Å². The van der Waals surface area contributed by atoms with Gasteiger partial charge in [0.25, 0.3) is 0 Å². The van der Waals surface area contributed by atoms with Gasteiger partial charge >= 0.3 is 0 Å². The monoisotopic (exact) mass is 940 g/mol. The summed E-state index contributed by atoms with van der Waals surface area (Å²) < 4.78 is 40.6. The van der Waals surface area contributed by atoms with E-state index in [1.54, 1.807) is 0 Å². The average Bonchev–Trinajstić information content (AvgIpc) is 4.36. The van der Waals surface area contributed by atoms with Gasteiger partial charge in [-0.1, -0.05) is 212 Å². The zero-order valence-electron chi connectivity index (χ0n) is 44.0. The van der Waals surface area contributed by atoms with E-state index >= 15 is 0 Å². The van der Waals surface area contributed by atoms with Crippen LogP contribution in [0.15, 0.2) is 267 Å². The van der Waals surface area contributed by atoms with Crippen LogP contribution in [0.3, 0.4) is 0 Å². The van der Waals surface area contributed by atoms with Crippen molar-refractivity contribution in [1.29, 1.82) is 0 Å². The number of anilines is 3. The lowest BCUT2D eigenvalue weighted by atomic mass is 9.61. The van der Waals surface area contributed by atoms with Crippen LogP contribution in [0.1, 0.15) is 50.0 Å². The molecule has 74 heavy (non-hydrogen) atoms. The lowest BCUT2D eigenvalue weighted by Gasteiger charge is -2.40. The Balaban J connectivity index is 0.994. The van der Waals surface area contributed by atoms with Gasteiger partial charge in [0.15, 0.2) is 0 Å². The molecule has 0 bridgehead atoms. The molecule has 1 atom stereocenters. The lowest BCUT2D eigenvalue weighted by molar-refractivity contribution is 0.773. The number of aromatic nitrogens is 1. The first-order valence-corrected chi connectivity index (χ1v) is 25.6. The maximum atomic E-state index is 9.99. The maximum absolute atomic E-state index is 9.99. The third-order valence-electron chi connectivity index (χ3n) is 17.1. The number of hydrogen-bond acceptors (Lipinski definition) is 1. The van der Waals surface area contributed by atoms with Crippen molar-refractivity contribution in [3.8, 4) is 50.2 Å². The fourth-order valence-electron chi connectivity index (χ4n) is 14.4. The van der Waals surface area contributed by atoms with Crippen molar-refractivity contribution in [2.24, 2.45) is 0 Å². The minimum atomic E-state index is -1.11. The highest BCUT2D eigenvalue weighted by molar-refractivity contribution is 6.11. The van der Waals surface area contributed by atoms with Crippen molar-refractivity contribution in [2.75, 3.05) is 4.90 Å². The summed E-state index contributed by atoms with van der Waals surface area (Å²) in [5.74, 6) is 0. The Bertz CT molecular complexity index is 4750. The molecule has 2 nitrogen and oxygen atoms in total. The zero-order valence-corrected chi connectivity index (χ0v) is 40.0. The zero-order chi connectivity index (χ0) is 51.8. The Kier molecular flexibility index (Phi) is 7.17. The van der Waals surface area contributed by atoms with Gasteiger partial charge in [-0.2, -0.15) is 0 Å². The number of fused-ring (bicyclic) bond motifs is 22. The number of nitrogens with zero attached hydrogens (tertiary/aromatic N) is 2. The van der Waals surface area contributed by atoms with E-state index in [1.165, 1.54) is 49.9 Å². The third kappa shape index (κ3) is 4.91. The van der Waals surface area contributed by atoms with Crippen molar-refractivity contribution in [3.05, 3.63) is 311 Å². The fraction of sp³-hybridized carbons (Fsp3) is 0.0278. The van der Waals surface area contributed by atoms with E-state index < -0.39 is 10.8 Å². The third-order valence-corrected chi connectivity index (χ3v) is 17.1. The molecule has 4 aliphatic rings. The first-order valence-electron chi connectivity index (χ1n) is 27.6. The molecule has 2 spiro atoms. The topological polar surface area (TPSA) is 8.17 Å². The highest BCUT2D eigenvalue weighted by atomic mass is 15.1. The summed E-state index contributed by atoms with van der Waals surface area (Å²) in [6, 6.07) is 87.6. The standard InChI is InChI=1S/C72H44N2/c1-2-20-46(21-3-1)74-68-35-15-9-27-57(68)58-41-38-49(44-69(58)74)73(47-36-39-55-52-24-6-12-31-62(52)71(66(55)42-47)60-29-10-4-22-50(60)51-23-5-11-30-61(51)71)48-37-40-56-53-25-7-13-32-63(53)72(67(56)43-48)64-33-14-8-26-54(64)59-28-16-18-45-19-17-34-65(72)70(45)59/h1-44H/i7D,13D,25D,32D. The van der Waals surface area contributed by atoms with Gasteiger partial charge in [-0.05, 0) is 154 Å². The van der Waals surface area contributed by atoms with Crippen molar-refractivity contribution in [1.82, 2.24) is 4.57 Å². The highest BCUT2D eigenvalue weighted by Gasteiger charge is 2.53. The van der Waals surface area contributed by atoms with E-state index in [0.717, 1.165) is 83.3 Å². The van der Waals surface area contributed by atoms with E-state index in [0.29, 0.717) is 11.1 Å². The van der Waals surface area contributed by atoms with Crippen molar-refractivity contribution in [3.63, 3.8) is 0 Å². The Morgan fingerprint density at radius 3 is 1.43 bits per heavy atom. The van der Waals surface area contributed by atoms with Crippen LogP contribution in [0.5, 0.6) is 0 Å². The summed E-state index contributed by atoms with van der Waals surface area (Å²) in [6.07, 6.45) is 0. The number of benzene rings is 12. The predicted molar refractivity (Wildman–Crippen MR) is 306 cm³/mol. The maximum Gasteiger partial charge on any atom is 0.0726 e. The van der Waals surface area contributed by atoms with Crippen LogP contribution < -0.4 is 4.90 Å². The van der Waals surface area contributed by atoms with Crippen molar-refractivity contribution >= 4 is 49.6 Å². The van der Waals surface area contributed by atoms with E-state index in [4.69, 9.17) is 1.37 Å². The van der Waals surface area contributed by atoms with Gasteiger partial charge in [0.05, 0.1) is 27.3 Å². The molecule has 17 rings (SSSR count). The predicted octanol–water partition coefficient (Wildman–Crippen LogP) is 18.1. The molecule has 4 aliphatic carbocycles. The second-order valence-electron chi connectivity index (χ2n) is 20.3. The molecular weight excluding hydrogens is 893 g/mol. The Morgan fingerprint density at radius 1 is 0.311 bits per heavy atom. The minimum Gasteiger partial charge on any atom is -0.310 e. The summed E-state index contributed by atoms with van der Waals surface area (Å²) >= 11 is 0. The van der Waals surface area contributed by atoms with Gasteiger partial charge in [-0.3, -0.25) is 0 Å². The van der Waals surface area contributed by atoms with E-state index in [1.807, 2.05) is 0 Å². The minimum absolute atomic E-state index is 0.0217. The molecule has 0 fully saturated rings. The van der Waals surface area contributed by atoms with Gasteiger partial charge in [0.1, 0.15) is 0 Å². The average molecular weight is 941 g/mol. The highest BCUT2D eigenvalue weighted by Crippen LogP contribution is 2.65. The SMILES string of the molecule is [2H]c1c([2H])c([2H])c2c(c1[2H])-c1ccc(N(c3ccc4c(c3)C3(c5ccccc5-c5ccccc53)c3ccccc3-4)c3ccc4c5ccccc5n(-c5ccccc5)c4c3)cc1C21c2ccccc2-c2cccc3cccc1c23. The molecule has 12 aromatic carbocycles. The fourth-order valence-corrected chi connectivity index (χ4v) is 14.4. The van der Waals surface area contributed by atoms with Crippen molar-refractivity contribution < 1.29 is 5.48 Å². The molecule has 0 N–H and O–H groups in total. The Hall–Kier alpha value is -9.50. The van der Waals surface area contributed by atoms with E-state index in [2.05, 4.69) is 252 Å². The molecular formula is C72H44N2. The smallest absolute Gasteiger partial charge is 0.0726 e. The second-order valence-corrected chi connectivity index (χ2v) is 20.3. The normalized spacial score (nSPS) is 16.2. The molecule has 1 aromatic heterocycles. The molecule has 0 radical (unpaired) electrons. The van der Waals surface area contributed by atoms with E-state index in [9.17, 15) is 4.11 Å². The first kappa shape index (κ1) is 36.4. The molecule has 1 heterocycles. The quantitative estimate of drug-likeness (QED) is 0.171. The van der Waals surface area contributed by atoms with Gasteiger partial charge in [-0.15, -0.1) is 0 Å². The summed E-state index contributed by atoms with van der Waals surface area (Å²) in [4.78, 5) is 2.41. The second kappa shape index (κ2) is 14.6. The molecule has 0 saturated heterocycles. The Labute approximate surface area is 434 Å². The summed E-state index contributed by atoms with van der Waals surface area (Å²) in [5, 5.41) is 4.50. The van der Waals surface area contributed by atoms with Crippen LogP contribution in [0.4, 0.5) is 17.1 Å². The molecule has 1 unspecified atom stereocenters. The molecule has 0 amide bonds. The number of para-hydroxylation sites is 2. The molecule has 0 aliphatic heterocycles. The molecule has 13 aromatic rings. The summed E-state index contributed by atoms with van der Waals surface area (Å²) in [5.41, 5.74) is 21.4. The number of hydrogen-bond donors (Lipinski definition) is 0. The van der Waals surface area contributed by atoms with Gasteiger partial charge < -0.3 is 9.47 Å². The van der Waals surface area contributed by atoms with Gasteiger partial charge in [0, 0.05) is 33.5 Å². The van der Waals surface area contributed by atoms with Crippen molar-refractivity contribution in [2.45, 2.75) is 10.8 Å². The van der Waals surface area contributed by atoms with Crippen LogP contribution in [0, 0.1) is 0 Å². The molecule has 2 heteroatoms. The van der Waals surface area contributed by atoms with E-state index in [-0.39, 0.29) is 24.2 Å². The van der Waals surface area contributed by atoms with Crippen LogP contribution in [-0.2, 0) is 10.8 Å². The Morgan fingerprint density at radius 2 is 0.770 bits per heavy atom. The number of rotatable bonds is 4. The molecule has 0 saturated carbocycles. The van der Waals surface area contributed by atoms with Gasteiger partial charge in [0.2, 0.25) is 0 Å². The summed E-state index contributed by atoms with van der Waals surface area (Å²) in [6.45, 7) is 0. The van der Waals surface area contributed by atoms with Crippen LogP contribution in [0.25, 0.3) is 82.8 Å². The van der Waals surface area contributed by atoms with Crippen LogP contribution in [0.2, 0.25) is 0 Å². The first-order chi connectivity index (χ1) is 38.4. The largest absolute Gasteiger partial charge is 0.310 e. The molecule has 342 valence electrons. The summed E-state index contributed by atoms with van der Waals surface area (Å²) in [7, 11) is 0. The van der Waals surface area contributed by atoms with Crippen LogP contribution >= 0.6 is 0 Å². The lowest BCUT2D eigenvalue weighted by Crippen LogP contribution is -2.32.